The number of hydrogen-bond acceptors (Lipinski definition) is 4. The van der Waals surface area contributed by atoms with E-state index in [-0.39, 0.29) is 18.1 Å². The van der Waals surface area contributed by atoms with Crippen LogP contribution < -0.4 is 0 Å². The van der Waals surface area contributed by atoms with Gasteiger partial charge in [0, 0.05) is 6.04 Å². The van der Waals surface area contributed by atoms with Crippen LogP contribution in [0.3, 0.4) is 0 Å². The molecule has 1 saturated heterocycles. The third-order valence-electron chi connectivity index (χ3n) is 3.60. The number of nitrogens with zero attached hydrogens (tertiary/aromatic N) is 1. The molecule has 0 saturated carbocycles. The van der Waals surface area contributed by atoms with E-state index in [1.165, 1.54) is 6.08 Å². The average Bonchev–Trinajstić information content (AvgIpc) is 2.78. The number of hydrogen-bond donors (Lipinski definition) is 0. The molecule has 0 bridgehead atoms. The molecule has 126 valence electrons. The minimum absolute atomic E-state index is 0.0522. The summed E-state index contributed by atoms with van der Waals surface area (Å²) >= 11 is 0. The number of carbonyl (C=O) groups is 2. The van der Waals surface area contributed by atoms with Gasteiger partial charge in [-0.1, -0.05) is 33.4 Å². The third-order valence-corrected chi connectivity index (χ3v) is 3.60. The topological polar surface area (TPSA) is 55.8 Å². The summed E-state index contributed by atoms with van der Waals surface area (Å²) in [6.45, 7) is 15.3. The van der Waals surface area contributed by atoms with Gasteiger partial charge in [0.15, 0.2) is 0 Å². The van der Waals surface area contributed by atoms with Crippen molar-refractivity contribution in [2.45, 2.75) is 72.1 Å². The molecular formula is C17H29NO4. The zero-order chi connectivity index (χ0) is 17.1. The Hall–Kier alpha value is -1.52. The van der Waals surface area contributed by atoms with E-state index >= 15 is 0 Å². The number of esters is 1. The Morgan fingerprint density at radius 1 is 1.18 bits per heavy atom. The van der Waals surface area contributed by atoms with Crippen molar-refractivity contribution in [2.75, 3.05) is 6.61 Å². The lowest BCUT2D eigenvalue weighted by Gasteiger charge is -2.37. The summed E-state index contributed by atoms with van der Waals surface area (Å²) in [7, 11) is 0. The van der Waals surface area contributed by atoms with Gasteiger partial charge in [-0.15, -0.1) is 0 Å². The number of rotatable bonds is 3. The van der Waals surface area contributed by atoms with E-state index in [1.54, 1.807) is 4.90 Å². The molecule has 0 aromatic rings. The molecule has 0 spiro atoms. The Morgan fingerprint density at radius 2 is 1.77 bits per heavy atom. The average molecular weight is 311 g/mol. The van der Waals surface area contributed by atoms with Gasteiger partial charge in [0.05, 0.1) is 0 Å². The lowest BCUT2D eigenvalue weighted by molar-refractivity contribution is -0.148. The summed E-state index contributed by atoms with van der Waals surface area (Å²) in [6.07, 6.45) is 2.42. The predicted molar refractivity (Wildman–Crippen MR) is 85.5 cm³/mol. The summed E-state index contributed by atoms with van der Waals surface area (Å²) in [5, 5.41) is 0. The lowest BCUT2D eigenvalue weighted by Crippen LogP contribution is -2.51. The summed E-state index contributed by atoms with van der Waals surface area (Å²) in [5.41, 5.74) is -0.734. The Morgan fingerprint density at radius 3 is 2.23 bits per heavy atom. The molecule has 0 N–H and O–H groups in total. The van der Waals surface area contributed by atoms with Gasteiger partial charge in [-0.05, 0) is 39.0 Å². The molecular weight excluding hydrogens is 282 g/mol. The van der Waals surface area contributed by atoms with Crippen LogP contribution in [0.5, 0.6) is 0 Å². The molecule has 1 rings (SSSR count). The van der Waals surface area contributed by atoms with Crippen LogP contribution in [-0.2, 0) is 14.3 Å². The second-order valence-electron chi connectivity index (χ2n) is 7.78. The maximum Gasteiger partial charge on any atom is 0.411 e. The molecule has 1 fully saturated rings. The third kappa shape index (κ3) is 4.75. The summed E-state index contributed by atoms with van der Waals surface area (Å²) in [6, 6.07) is -0.636. The maximum absolute atomic E-state index is 12.6. The molecule has 0 aromatic heterocycles. The molecule has 0 aliphatic carbocycles. The van der Waals surface area contributed by atoms with E-state index in [9.17, 15) is 9.59 Å². The summed E-state index contributed by atoms with van der Waals surface area (Å²) in [5.74, 6) is -0.391. The normalized spacial score (nSPS) is 22.4. The van der Waals surface area contributed by atoms with Gasteiger partial charge in [0.1, 0.15) is 18.2 Å². The van der Waals surface area contributed by atoms with Crippen molar-refractivity contribution in [3.63, 3.8) is 0 Å². The largest absolute Gasteiger partial charge is 0.460 e. The van der Waals surface area contributed by atoms with Crippen LogP contribution in [0.15, 0.2) is 12.7 Å². The molecule has 2 atom stereocenters. The fraction of sp³-hybridized carbons (Fsp3) is 0.765. The number of ether oxygens (including phenoxy) is 2. The second kappa shape index (κ2) is 6.71. The van der Waals surface area contributed by atoms with Crippen LogP contribution in [0, 0.1) is 5.41 Å². The minimum Gasteiger partial charge on any atom is -0.460 e. The first-order valence-electron chi connectivity index (χ1n) is 7.76. The van der Waals surface area contributed by atoms with Crippen molar-refractivity contribution in [3.05, 3.63) is 12.7 Å². The Labute approximate surface area is 133 Å². The molecule has 0 radical (unpaired) electrons. The smallest absolute Gasteiger partial charge is 0.411 e. The molecule has 22 heavy (non-hydrogen) atoms. The highest BCUT2D eigenvalue weighted by atomic mass is 16.6. The van der Waals surface area contributed by atoms with E-state index in [0.717, 1.165) is 6.42 Å². The van der Waals surface area contributed by atoms with Gasteiger partial charge in [-0.3, -0.25) is 4.90 Å². The fourth-order valence-corrected chi connectivity index (χ4v) is 2.70. The predicted octanol–water partition coefficient (Wildman–Crippen LogP) is 3.53. The van der Waals surface area contributed by atoms with E-state index in [1.807, 2.05) is 20.8 Å². The van der Waals surface area contributed by atoms with Crippen molar-refractivity contribution in [1.29, 1.82) is 0 Å². The first-order chi connectivity index (χ1) is 9.97. The Kier molecular flexibility index (Phi) is 5.65. The molecule has 5 heteroatoms. The number of likely N-dealkylation sites (tertiary alicyclic amines) is 1. The SMILES string of the molecule is C=CCOC(=O)[C@@H]1CC[C@H](C(C)(C)C)N1C(=O)OC(C)(C)C. The van der Waals surface area contributed by atoms with Crippen molar-refractivity contribution >= 4 is 12.1 Å². The van der Waals surface area contributed by atoms with Crippen LogP contribution >= 0.6 is 0 Å². The van der Waals surface area contributed by atoms with E-state index in [4.69, 9.17) is 9.47 Å². The highest BCUT2D eigenvalue weighted by Crippen LogP contribution is 2.37. The molecule has 1 heterocycles. The van der Waals surface area contributed by atoms with Crippen LogP contribution in [0.1, 0.15) is 54.4 Å². The lowest BCUT2D eigenvalue weighted by atomic mass is 9.85. The van der Waals surface area contributed by atoms with E-state index in [2.05, 4.69) is 27.4 Å². The number of carbonyl (C=O) groups excluding carboxylic acids is 2. The molecule has 1 aliphatic rings. The van der Waals surface area contributed by atoms with Gasteiger partial charge in [-0.2, -0.15) is 0 Å². The highest BCUT2D eigenvalue weighted by molar-refractivity contribution is 5.82. The Bertz CT molecular complexity index is 431. The van der Waals surface area contributed by atoms with Crippen LogP contribution in [-0.4, -0.2) is 41.3 Å². The summed E-state index contributed by atoms with van der Waals surface area (Å²) < 4.78 is 10.6. The maximum atomic E-state index is 12.6. The quantitative estimate of drug-likeness (QED) is 0.591. The van der Waals surface area contributed by atoms with Gasteiger partial charge in [0.25, 0.3) is 0 Å². The second-order valence-corrected chi connectivity index (χ2v) is 7.78. The van der Waals surface area contributed by atoms with Crippen LogP contribution in [0.2, 0.25) is 0 Å². The van der Waals surface area contributed by atoms with Gasteiger partial charge in [0.2, 0.25) is 0 Å². The minimum atomic E-state index is -0.600. The van der Waals surface area contributed by atoms with Crippen LogP contribution in [0.4, 0.5) is 4.79 Å². The van der Waals surface area contributed by atoms with Crippen molar-refractivity contribution < 1.29 is 19.1 Å². The van der Waals surface area contributed by atoms with Crippen molar-refractivity contribution in [3.8, 4) is 0 Å². The standard InChI is InChI=1S/C17H29NO4/c1-8-11-21-14(19)12-9-10-13(16(2,3)4)18(12)15(20)22-17(5,6)7/h8,12-13H,1,9-11H2,2-7H3/t12-,13+/m0/s1. The number of amides is 1. The zero-order valence-corrected chi connectivity index (χ0v) is 14.6. The van der Waals surface area contributed by atoms with Gasteiger partial charge < -0.3 is 9.47 Å². The van der Waals surface area contributed by atoms with E-state index in [0.29, 0.717) is 6.42 Å². The highest BCUT2D eigenvalue weighted by Gasteiger charge is 2.47. The van der Waals surface area contributed by atoms with Crippen LogP contribution in [0.25, 0.3) is 0 Å². The van der Waals surface area contributed by atoms with Gasteiger partial charge >= 0.3 is 12.1 Å². The first-order valence-corrected chi connectivity index (χ1v) is 7.76. The van der Waals surface area contributed by atoms with E-state index < -0.39 is 23.7 Å². The summed E-state index contributed by atoms with van der Waals surface area (Å²) in [4.78, 5) is 26.4. The molecule has 1 aliphatic heterocycles. The molecule has 5 nitrogen and oxygen atoms in total. The molecule has 0 aromatic carbocycles. The fourth-order valence-electron chi connectivity index (χ4n) is 2.70. The van der Waals surface area contributed by atoms with Crippen molar-refractivity contribution in [2.24, 2.45) is 5.41 Å². The Balaban J connectivity index is 2.99. The van der Waals surface area contributed by atoms with Gasteiger partial charge in [-0.25, -0.2) is 9.59 Å². The molecule has 1 amide bonds. The van der Waals surface area contributed by atoms with Crippen molar-refractivity contribution in [1.82, 2.24) is 4.90 Å². The zero-order valence-electron chi connectivity index (χ0n) is 14.6. The first kappa shape index (κ1) is 18.5. The monoisotopic (exact) mass is 311 g/mol. The molecule has 0 unspecified atom stereocenters.